The Morgan fingerprint density at radius 3 is 2.50 bits per heavy atom. The van der Waals surface area contributed by atoms with Crippen LogP contribution in [0.4, 0.5) is 0 Å². The molecule has 0 bridgehead atoms. The van der Waals surface area contributed by atoms with Gasteiger partial charge in [0.2, 0.25) is 0 Å². The molecule has 2 aromatic carbocycles. The van der Waals surface area contributed by atoms with E-state index in [0.29, 0.717) is 5.56 Å². The first-order valence-electron chi connectivity index (χ1n) is 6.26. The van der Waals surface area contributed by atoms with E-state index in [-0.39, 0.29) is 11.5 Å². The summed E-state index contributed by atoms with van der Waals surface area (Å²) in [4.78, 5) is 12.0. The van der Waals surface area contributed by atoms with Gasteiger partial charge in [-0.2, -0.15) is 0 Å². The lowest BCUT2D eigenvalue weighted by atomic mass is 10.1. The van der Waals surface area contributed by atoms with Crippen LogP contribution in [-0.4, -0.2) is 18.0 Å². The van der Waals surface area contributed by atoms with Crippen molar-refractivity contribution in [2.24, 2.45) is 0 Å². The lowest BCUT2D eigenvalue weighted by molar-refractivity contribution is 0.104. The highest BCUT2D eigenvalue weighted by atomic mass is 16.5. The fraction of sp³-hybridized carbons (Fsp3) is 0.118. The first-order chi connectivity index (χ1) is 9.60. The molecule has 2 rings (SSSR count). The third-order valence-corrected chi connectivity index (χ3v) is 3.01. The fourth-order valence-electron chi connectivity index (χ4n) is 1.83. The summed E-state index contributed by atoms with van der Waals surface area (Å²) in [6, 6.07) is 11.9. The zero-order chi connectivity index (χ0) is 14.5. The van der Waals surface area contributed by atoms with Crippen molar-refractivity contribution in [1.29, 1.82) is 0 Å². The van der Waals surface area contributed by atoms with E-state index in [1.807, 2.05) is 25.1 Å². The second-order valence-electron chi connectivity index (χ2n) is 4.47. The van der Waals surface area contributed by atoms with Crippen molar-refractivity contribution < 1.29 is 14.6 Å². The molecule has 20 heavy (non-hydrogen) atoms. The molecule has 0 unspecified atom stereocenters. The molecule has 2 aromatic rings. The molecule has 1 N–H and O–H groups in total. The second-order valence-corrected chi connectivity index (χ2v) is 4.47. The zero-order valence-corrected chi connectivity index (χ0v) is 11.5. The Bertz CT molecular complexity index is 640. The highest BCUT2D eigenvalue weighted by molar-refractivity contribution is 6.06. The number of hydrogen-bond acceptors (Lipinski definition) is 3. The molecule has 0 spiro atoms. The van der Waals surface area contributed by atoms with Gasteiger partial charge in [-0.25, -0.2) is 0 Å². The van der Waals surface area contributed by atoms with E-state index in [2.05, 4.69) is 0 Å². The number of carbonyl (C=O) groups excluding carboxylic acids is 1. The maximum atomic E-state index is 12.0. The topological polar surface area (TPSA) is 46.5 Å². The third kappa shape index (κ3) is 3.26. The number of methoxy groups -OCH3 is 1. The van der Waals surface area contributed by atoms with Gasteiger partial charge in [-0.3, -0.25) is 4.79 Å². The van der Waals surface area contributed by atoms with Crippen LogP contribution in [0.2, 0.25) is 0 Å². The van der Waals surface area contributed by atoms with Gasteiger partial charge in [-0.15, -0.1) is 0 Å². The summed E-state index contributed by atoms with van der Waals surface area (Å²) in [6.45, 7) is 1.97. The van der Waals surface area contributed by atoms with Crippen molar-refractivity contribution >= 4 is 11.9 Å². The lowest BCUT2D eigenvalue weighted by Gasteiger charge is -2.04. The van der Waals surface area contributed by atoms with Gasteiger partial charge >= 0.3 is 0 Å². The van der Waals surface area contributed by atoms with Crippen LogP contribution >= 0.6 is 0 Å². The number of ketones is 1. The van der Waals surface area contributed by atoms with Crippen molar-refractivity contribution in [2.45, 2.75) is 6.92 Å². The minimum Gasteiger partial charge on any atom is -0.508 e. The van der Waals surface area contributed by atoms with E-state index in [1.165, 1.54) is 18.2 Å². The number of phenols is 1. The molecule has 0 fully saturated rings. The number of hydrogen-bond donors (Lipinski definition) is 1. The average Bonchev–Trinajstić information content (AvgIpc) is 2.46. The molecule has 3 heteroatoms. The minimum atomic E-state index is -0.107. The largest absolute Gasteiger partial charge is 0.508 e. The SMILES string of the molecule is COc1cc(C=CC(=O)c2ccc(O)cc2)ccc1C. The van der Waals surface area contributed by atoms with Crippen LogP contribution < -0.4 is 4.74 Å². The predicted octanol–water partition coefficient (Wildman–Crippen LogP) is 3.61. The molecule has 0 heterocycles. The first-order valence-corrected chi connectivity index (χ1v) is 6.26. The molecule has 0 saturated heterocycles. The van der Waals surface area contributed by atoms with Crippen molar-refractivity contribution in [3.63, 3.8) is 0 Å². The summed E-state index contributed by atoms with van der Waals surface area (Å²) in [5, 5.41) is 9.19. The van der Waals surface area contributed by atoms with Gasteiger partial charge in [0, 0.05) is 5.56 Å². The van der Waals surface area contributed by atoms with Crippen LogP contribution in [0.25, 0.3) is 6.08 Å². The van der Waals surface area contributed by atoms with E-state index >= 15 is 0 Å². The Hall–Kier alpha value is -2.55. The lowest BCUT2D eigenvalue weighted by Crippen LogP contribution is -1.93. The quantitative estimate of drug-likeness (QED) is 0.680. The summed E-state index contributed by atoms with van der Waals surface area (Å²) in [5.41, 5.74) is 2.49. The molecule has 0 aliphatic rings. The van der Waals surface area contributed by atoms with Crippen LogP contribution in [0.1, 0.15) is 21.5 Å². The number of benzene rings is 2. The third-order valence-electron chi connectivity index (χ3n) is 3.01. The molecule has 0 aliphatic carbocycles. The van der Waals surface area contributed by atoms with Gasteiger partial charge in [0.05, 0.1) is 7.11 Å². The van der Waals surface area contributed by atoms with E-state index in [9.17, 15) is 9.90 Å². The molecular weight excluding hydrogens is 252 g/mol. The number of aromatic hydroxyl groups is 1. The molecule has 0 aromatic heterocycles. The van der Waals surface area contributed by atoms with Gasteiger partial charge in [0.1, 0.15) is 11.5 Å². The maximum absolute atomic E-state index is 12.0. The van der Waals surface area contributed by atoms with E-state index in [1.54, 1.807) is 25.3 Å². The number of carbonyl (C=O) groups is 1. The van der Waals surface area contributed by atoms with Crippen LogP contribution in [-0.2, 0) is 0 Å². The maximum Gasteiger partial charge on any atom is 0.185 e. The highest BCUT2D eigenvalue weighted by Crippen LogP contribution is 2.20. The van der Waals surface area contributed by atoms with Crippen LogP contribution in [0.15, 0.2) is 48.5 Å². The normalized spacial score (nSPS) is 10.7. The van der Waals surface area contributed by atoms with Crippen molar-refractivity contribution in [3.8, 4) is 11.5 Å². The van der Waals surface area contributed by atoms with Crippen molar-refractivity contribution in [3.05, 3.63) is 65.2 Å². The molecule has 0 saturated carbocycles. The monoisotopic (exact) mass is 268 g/mol. The van der Waals surface area contributed by atoms with Gasteiger partial charge in [0.15, 0.2) is 5.78 Å². The average molecular weight is 268 g/mol. The highest BCUT2D eigenvalue weighted by Gasteiger charge is 2.02. The number of aryl methyl sites for hydroxylation is 1. The first kappa shape index (κ1) is 13.9. The van der Waals surface area contributed by atoms with Gasteiger partial charge < -0.3 is 9.84 Å². The Morgan fingerprint density at radius 1 is 1.15 bits per heavy atom. The Kier molecular flexibility index (Phi) is 4.20. The number of allylic oxidation sites excluding steroid dienone is 1. The summed E-state index contributed by atoms with van der Waals surface area (Å²) in [6.07, 6.45) is 3.26. The molecule has 0 radical (unpaired) electrons. The summed E-state index contributed by atoms with van der Waals surface area (Å²) in [5.74, 6) is 0.836. The Labute approximate surface area is 118 Å². The molecule has 102 valence electrons. The molecule has 0 atom stereocenters. The molecule has 0 amide bonds. The van der Waals surface area contributed by atoms with Gasteiger partial charge in [0.25, 0.3) is 0 Å². The molecular formula is C17H16O3. The van der Waals surface area contributed by atoms with Crippen LogP contribution in [0.5, 0.6) is 11.5 Å². The molecule has 3 nitrogen and oxygen atoms in total. The van der Waals surface area contributed by atoms with Crippen LogP contribution in [0.3, 0.4) is 0 Å². The standard InChI is InChI=1S/C17H16O3/c1-12-3-4-13(11-17(12)20-2)5-10-16(19)14-6-8-15(18)9-7-14/h3-11,18H,1-2H3. The van der Waals surface area contributed by atoms with Crippen molar-refractivity contribution in [2.75, 3.05) is 7.11 Å². The minimum absolute atomic E-state index is 0.107. The smallest absolute Gasteiger partial charge is 0.185 e. The summed E-state index contributed by atoms with van der Waals surface area (Å²) < 4.78 is 5.24. The molecule has 0 aliphatic heterocycles. The van der Waals surface area contributed by atoms with E-state index in [0.717, 1.165) is 16.9 Å². The van der Waals surface area contributed by atoms with Gasteiger partial charge in [-0.05, 0) is 54.5 Å². The fourth-order valence-corrected chi connectivity index (χ4v) is 1.83. The van der Waals surface area contributed by atoms with Gasteiger partial charge in [-0.1, -0.05) is 18.2 Å². The van der Waals surface area contributed by atoms with Crippen molar-refractivity contribution in [1.82, 2.24) is 0 Å². The Morgan fingerprint density at radius 2 is 1.85 bits per heavy atom. The van der Waals surface area contributed by atoms with E-state index < -0.39 is 0 Å². The number of ether oxygens (including phenoxy) is 1. The van der Waals surface area contributed by atoms with E-state index in [4.69, 9.17) is 4.74 Å². The Balaban J connectivity index is 2.16. The number of rotatable bonds is 4. The predicted molar refractivity (Wildman–Crippen MR) is 79.2 cm³/mol. The second kappa shape index (κ2) is 6.06. The van der Waals surface area contributed by atoms with Crippen LogP contribution in [0, 0.1) is 6.92 Å². The summed E-state index contributed by atoms with van der Waals surface area (Å²) in [7, 11) is 1.62. The summed E-state index contributed by atoms with van der Waals surface area (Å²) >= 11 is 0. The zero-order valence-electron chi connectivity index (χ0n) is 11.5. The number of phenolic OH excluding ortho intramolecular Hbond substituents is 1.